The summed E-state index contributed by atoms with van der Waals surface area (Å²) in [5, 5.41) is 20.1. The molecule has 0 spiro atoms. The molecule has 0 fully saturated rings. The highest BCUT2D eigenvalue weighted by atomic mass is 35.5. The van der Waals surface area contributed by atoms with Gasteiger partial charge in [-0.05, 0) is 18.2 Å². The quantitative estimate of drug-likeness (QED) is 0.403. The Hall–Kier alpha value is -1.17. The van der Waals surface area contributed by atoms with Crippen LogP contribution in [0.2, 0.25) is 10.0 Å². The molecule has 0 bridgehead atoms. The molecule has 0 aromatic heterocycles. The third-order valence-corrected chi connectivity index (χ3v) is 2.01. The summed E-state index contributed by atoms with van der Waals surface area (Å²) in [5.41, 5.74) is 5.52. The van der Waals surface area contributed by atoms with E-state index in [0.29, 0.717) is 15.7 Å². The summed E-state index contributed by atoms with van der Waals surface area (Å²) in [7, 11) is 0. The number of hydrogen-bond donors (Lipinski definition) is 5. The summed E-state index contributed by atoms with van der Waals surface area (Å²) < 4.78 is 0. The first-order valence-electron chi connectivity index (χ1n) is 3.90. The van der Waals surface area contributed by atoms with Gasteiger partial charge in [0.1, 0.15) is 0 Å². The molecule has 0 atom stereocenters. The van der Waals surface area contributed by atoms with E-state index in [0.717, 1.165) is 0 Å². The van der Waals surface area contributed by atoms with Crippen LogP contribution >= 0.6 is 35.6 Å². The van der Waals surface area contributed by atoms with E-state index in [-0.39, 0.29) is 24.3 Å². The molecular formula is C8H10Cl3N5. The highest BCUT2D eigenvalue weighted by Gasteiger charge is 2.03. The Morgan fingerprint density at radius 3 is 2.44 bits per heavy atom. The molecule has 16 heavy (non-hydrogen) atoms. The Balaban J connectivity index is 0.00000225. The van der Waals surface area contributed by atoms with E-state index in [1.807, 2.05) is 0 Å². The Labute approximate surface area is 109 Å². The molecule has 0 aliphatic carbocycles. The lowest BCUT2D eigenvalue weighted by Gasteiger charge is -2.10. The van der Waals surface area contributed by atoms with Crippen molar-refractivity contribution in [2.24, 2.45) is 5.73 Å². The van der Waals surface area contributed by atoms with Gasteiger partial charge in [-0.25, -0.2) is 0 Å². The molecule has 0 heterocycles. The van der Waals surface area contributed by atoms with Crippen molar-refractivity contribution in [3.8, 4) is 0 Å². The summed E-state index contributed by atoms with van der Waals surface area (Å²) in [4.78, 5) is 0. The van der Waals surface area contributed by atoms with Gasteiger partial charge in [0.2, 0.25) is 0 Å². The van der Waals surface area contributed by atoms with E-state index in [1.165, 1.54) is 0 Å². The van der Waals surface area contributed by atoms with Gasteiger partial charge in [-0.1, -0.05) is 23.2 Å². The van der Waals surface area contributed by atoms with Crippen LogP contribution in [0.4, 0.5) is 5.69 Å². The first-order valence-corrected chi connectivity index (χ1v) is 4.66. The van der Waals surface area contributed by atoms with Crippen molar-refractivity contribution in [1.29, 1.82) is 10.8 Å². The Morgan fingerprint density at radius 2 is 1.88 bits per heavy atom. The number of benzene rings is 1. The van der Waals surface area contributed by atoms with E-state index < -0.39 is 0 Å². The second-order valence-electron chi connectivity index (χ2n) is 2.66. The van der Waals surface area contributed by atoms with E-state index in [4.69, 9.17) is 39.8 Å². The van der Waals surface area contributed by atoms with Crippen LogP contribution in [-0.2, 0) is 0 Å². The molecule has 1 aromatic rings. The van der Waals surface area contributed by atoms with E-state index in [1.54, 1.807) is 18.2 Å². The summed E-state index contributed by atoms with van der Waals surface area (Å²) in [6.45, 7) is 0. The van der Waals surface area contributed by atoms with Crippen LogP contribution in [-0.4, -0.2) is 11.9 Å². The maximum Gasteiger partial charge on any atom is 0.199 e. The van der Waals surface area contributed by atoms with Crippen molar-refractivity contribution in [3.63, 3.8) is 0 Å². The Morgan fingerprint density at radius 1 is 1.25 bits per heavy atom. The number of hydrogen-bond acceptors (Lipinski definition) is 2. The summed E-state index contributed by atoms with van der Waals surface area (Å²) in [5.74, 6) is -0.475. The van der Waals surface area contributed by atoms with Crippen molar-refractivity contribution in [3.05, 3.63) is 28.2 Å². The van der Waals surface area contributed by atoms with Gasteiger partial charge in [0.05, 0.1) is 10.7 Å². The van der Waals surface area contributed by atoms with Crippen LogP contribution in [0.25, 0.3) is 0 Å². The second kappa shape index (κ2) is 6.42. The summed E-state index contributed by atoms with van der Waals surface area (Å²) in [6.07, 6.45) is 0. The van der Waals surface area contributed by atoms with Crippen LogP contribution < -0.4 is 16.4 Å². The lowest BCUT2D eigenvalue weighted by atomic mass is 10.3. The molecule has 0 saturated carbocycles. The van der Waals surface area contributed by atoms with Crippen molar-refractivity contribution < 1.29 is 0 Å². The van der Waals surface area contributed by atoms with Gasteiger partial charge in [-0.2, -0.15) is 0 Å². The zero-order valence-corrected chi connectivity index (χ0v) is 10.3. The van der Waals surface area contributed by atoms with E-state index in [2.05, 4.69) is 10.6 Å². The van der Waals surface area contributed by atoms with E-state index >= 15 is 0 Å². The molecular weight excluding hydrogens is 272 g/mol. The highest BCUT2D eigenvalue weighted by molar-refractivity contribution is 6.35. The van der Waals surface area contributed by atoms with Crippen molar-refractivity contribution in [2.45, 2.75) is 0 Å². The SMILES string of the molecule is Cl.N=C(N)NC(=N)Nc1cc(Cl)ccc1Cl. The predicted molar refractivity (Wildman–Crippen MR) is 70.1 cm³/mol. The van der Waals surface area contributed by atoms with Gasteiger partial charge in [0.25, 0.3) is 0 Å². The molecule has 8 heteroatoms. The van der Waals surface area contributed by atoms with Crippen LogP contribution in [0.15, 0.2) is 18.2 Å². The van der Waals surface area contributed by atoms with Crippen molar-refractivity contribution in [2.75, 3.05) is 5.32 Å². The molecule has 1 rings (SSSR count). The van der Waals surface area contributed by atoms with Gasteiger partial charge in [0, 0.05) is 5.02 Å². The lowest BCUT2D eigenvalue weighted by molar-refractivity contribution is 1.20. The zero-order valence-electron chi connectivity index (χ0n) is 7.97. The van der Waals surface area contributed by atoms with Crippen molar-refractivity contribution in [1.82, 2.24) is 5.32 Å². The minimum Gasteiger partial charge on any atom is -0.370 e. The summed E-state index contributed by atoms with van der Waals surface area (Å²) in [6, 6.07) is 4.81. The topological polar surface area (TPSA) is 97.8 Å². The van der Waals surface area contributed by atoms with Crippen LogP contribution in [0.1, 0.15) is 0 Å². The number of anilines is 1. The number of halogens is 3. The van der Waals surface area contributed by atoms with Gasteiger partial charge in [-0.3, -0.25) is 16.1 Å². The first kappa shape index (κ1) is 14.8. The standard InChI is InChI=1S/C8H9Cl2N5.ClH/c9-4-1-2-5(10)6(3-4)14-8(13)15-7(11)12;/h1-3H,(H6,11,12,13,14,15);1H. The fraction of sp³-hybridized carbons (Fsp3) is 0. The zero-order chi connectivity index (χ0) is 11.4. The molecule has 5 nitrogen and oxygen atoms in total. The second-order valence-corrected chi connectivity index (χ2v) is 3.51. The van der Waals surface area contributed by atoms with Crippen LogP contribution in [0, 0.1) is 10.8 Å². The van der Waals surface area contributed by atoms with Crippen molar-refractivity contribution >= 4 is 53.2 Å². The number of nitrogens with one attached hydrogen (secondary N) is 4. The van der Waals surface area contributed by atoms with Gasteiger partial charge in [0.15, 0.2) is 11.9 Å². The average Bonchev–Trinajstić information content (AvgIpc) is 2.10. The molecule has 0 amide bonds. The fourth-order valence-corrected chi connectivity index (χ4v) is 1.23. The molecule has 0 unspecified atom stereocenters. The molecule has 88 valence electrons. The minimum atomic E-state index is -0.328. The molecule has 1 aromatic carbocycles. The van der Waals surface area contributed by atoms with Crippen LogP contribution in [0.5, 0.6) is 0 Å². The number of rotatable bonds is 1. The molecule has 0 aliphatic heterocycles. The third-order valence-electron chi connectivity index (χ3n) is 1.45. The maximum atomic E-state index is 7.38. The summed E-state index contributed by atoms with van der Waals surface area (Å²) >= 11 is 11.6. The van der Waals surface area contributed by atoms with Gasteiger partial charge in [-0.15, -0.1) is 12.4 Å². The largest absolute Gasteiger partial charge is 0.370 e. The number of guanidine groups is 2. The fourth-order valence-electron chi connectivity index (χ4n) is 0.894. The van der Waals surface area contributed by atoms with Crippen LogP contribution in [0.3, 0.4) is 0 Å². The number of nitrogens with two attached hydrogens (primary N) is 1. The molecule has 0 radical (unpaired) electrons. The highest BCUT2D eigenvalue weighted by Crippen LogP contribution is 2.24. The smallest absolute Gasteiger partial charge is 0.199 e. The minimum absolute atomic E-state index is 0. The first-order chi connectivity index (χ1) is 6.99. The average molecular weight is 283 g/mol. The Bertz CT molecular complexity index is 407. The van der Waals surface area contributed by atoms with Gasteiger partial charge >= 0.3 is 0 Å². The van der Waals surface area contributed by atoms with E-state index in [9.17, 15) is 0 Å². The normalized spacial score (nSPS) is 8.88. The predicted octanol–water partition coefficient (Wildman–Crippen LogP) is 2.24. The maximum absolute atomic E-state index is 7.38. The molecule has 0 saturated heterocycles. The third kappa shape index (κ3) is 4.57. The lowest BCUT2D eigenvalue weighted by Crippen LogP contribution is -2.39. The Kier molecular flexibility index (Phi) is 5.95. The molecule has 6 N–H and O–H groups in total. The van der Waals surface area contributed by atoms with Gasteiger partial charge < -0.3 is 11.1 Å². The monoisotopic (exact) mass is 281 g/mol. The molecule has 0 aliphatic rings.